The molecule has 2 nitrogen and oxygen atoms in total. The van der Waals surface area contributed by atoms with Crippen LogP contribution in [0.25, 0.3) is 0 Å². The number of benzene rings is 1. The van der Waals surface area contributed by atoms with Crippen molar-refractivity contribution >= 4 is 37.6 Å². The van der Waals surface area contributed by atoms with Crippen molar-refractivity contribution in [2.45, 2.75) is 13.3 Å². The molecule has 1 atom stereocenters. The maximum atomic E-state index is 11.9. The fourth-order valence-corrected chi connectivity index (χ4v) is 2.01. The minimum absolute atomic E-state index is 0.131. The highest BCUT2D eigenvalue weighted by Crippen LogP contribution is 2.24. The quantitative estimate of drug-likeness (QED) is 0.787. The van der Waals surface area contributed by atoms with Crippen LogP contribution in [0.1, 0.15) is 23.7 Å². The summed E-state index contributed by atoms with van der Waals surface area (Å²) in [6, 6.07) is 7.37. The zero-order chi connectivity index (χ0) is 11.4. The van der Waals surface area contributed by atoms with Crippen molar-refractivity contribution in [1.29, 1.82) is 5.26 Å². The Labute approximate surface area is 106 Å². The molecule has 1 aromatic carbocycles. The van der Waals surface area contributed by atoms with E-state index in [1.165, 1.54) is 0 Å². The minimum Gasteiger partial charge on any atom is -0.293 e. The number of nitriles is 1. The molecule has 0 N–H and O–H groups in total. The monoisotopic (exact) mass is 329 g/mol. The summed E-state index contributed by atoms with van der Waals surface area (Å²) in [5.41, 5.74) is 0.553. The highest BCUT2D eigenvalue weighted by atomic mass is 79.9. The van der Waals surface area contributed by atoms with Crippen LogP contribution in [0, 0.1) is 17.2 Å². The molecule has 0 radical (unpaired) electrons. The van der Waals surface area contributed by atoms with E-state index in [0.29, 0.717) is 12.0 Å². The summed E-state index contributed by atoms with van der Waals surface area (Å²) in [6.07, 6.45) is 0.536. The largest absolute Gasteiger partial charge is 0.293 e. The highest BCUT2D eigenvalue weighted by Gasteiger charge is 2.19. The molecule has 1 aromatic rings. The van der Waals surface area contributed by atoms with Crippen molar-refractivity contribution in [3.05, 3.63) is 32.7 Å². The second-order valence-corrected chi connectivity index (χ2v) is 4.85. The first-order valence-corrected chi connectivity index (χ1v) is 6.07. The molecule has 0 heterocycles. The van der Waals surface area contributed by atoms with E-state index in [9.17, 15) is 4.79 Å². The molecular weight excluding hydrogens is 322 g/mol. The standard InChI is InChI=1S/C11H9Br2NO/c1-2-7(6-14)11(15)9-5-8(12)3-4-10(9)13/h3-5,7H,2H2,1H3. The summed E-state index contributed by atoms with van der Waals surface area (Å²) in [6.45, 7) is 1.83. The SMILES string of the molecule is CCC(C#N)C(=O)c1cc(Br)ccc1Br. The van der Waals surface area contributed by atoms with E-state index in [4.69, 9.17) is 5.26 Å². The fourth-order valence-electron chi connectivity index (χ4n) is 1.21. The number of nitrogens with zero attached hydrogens (tertiary/aromatic N) is 1. The number of carbonyl (C=O) groups excluding carboxylic acids is 1. The van der Waals surface area contributed by atoms with E-state index in [1.54, 1.807) is 12.1 Å². The van der Waals surface area contributed by atoms with Crippen molar-refractivity contribution in [2.24, 2.45) is 5.92 Å². The first-order chi connectivity index (χ1) is 7.10. The number of hydrogen-bond donors (Lipinski definition) is 0. The molecule has 1 rings (SSSR count). The Kier molecular flexibility index (Phi) is 4.49. The van der Waals surface area contributed by atoms with Crippen LogP contribution < -0.4 is 0 Å². The van der Waals surface area contributed by atoms with Crippen LogP contribution in [-0.4, -0.2) is 5.78 Å². The number of Topliss-reactive ketones (excluding diaryl/α,β-unsaturated/α-hetero) is 1. The predicted octanol–water partition coefficient (Wildman–Crippen LogP) is 3.94. The van der Waals surface area contributed by atoms with Crippen LogP contribution in [0.5, 0.6) is 0 Å². The second kappa shape index (κ2) is 5.43. The molecule has 0 saturated heterocycles. The van der Waals surface area contributed by atoms with Crippen LogP contribution in [0.15, 0.2) is 27.1 Å². The number of rotatable bonds is 3. The van der Waals surface area contributed by atoms with E-state index in [0.717, 1.165) is 8.95 Å². The van der Waals surface area contributed by atoms with Gasteiger partial charge in [-0.05, 0) is 24.6 Å². The molecule has 0 aliphatic carbocycles. The minimum atomic E-state index is -0.560. The molecule has 0 aromatic heterocycles. The molecule has 0 aliphatic rings. The van der Waals surface area contributed by atoms with E-state index in [-0.39, 0.29) is 5.78 Å². The molecule has 0 fully saturated rings. The summed E-state index contributed by atoms with van der Waals surface area (Å²) in [5, 5.41) is 8.82. The average Bonchev–Trinajstić information content (AvgIpc) is 2.23. The fraction of sp³-hybridized carbons (Fsp3) is 0.273. The molecule has 1 unspecified atom stereocenters. The molecule has 0 spiro atoms. The third kappa shape index (κ3) is 2.90. The molecule has 4 heteroatoms. The Morgan fingerprint density at radius 1 is 1.53 bits per heavy atom. The van der Waals surface area contributed by atoms with Gasteiger partial charge in [0.1, 0.15) is 5.92 Å². The van der Waals surface area contributed by atoms with Crippen molar-refractivity contribution in [1.82, 2.24) is 0 Å². The van der Waals surface area contributed by atoms with Gasteiger partial charge in [0, 0.05) is 14.5 Å². The van der Waals surface area contributed by atoms with Gasteiger partial charge in [-0.15, -0.1) is 0 Å². The molecule has 0 aliphatic heterocycles. The summed E-state index contributed by atoms with van der Waals surface area (Å²) >= 11 is 6.61. The Morgan fingerprint density at radius 3 is 2.73 bits per heavy atom. The number of hydrogen-bond acceptors (Lipinski definition) is 2. The van der Waals surface area contributed by atoms with Gasteiger partial charge >= 0.3 is 0 Å². The first kappa shape index (κ1) is 12.4. The maximum absolute atomic E-state index is 11.9. The summed E-state index contributed by atoms with van der Waals surface area (Å²) in [7, 11) is 0. The van der Waals surface area contributed by atoms with Crippen molar-refractivity contribution in [2.75, 3.05) is 0 Å². The lowest BCUT2D eigenvalue weighted by Crippen LogP contribution is -2.12. The number of halogens is 2. The van der Waals surface area contributed by atoms with Gasteiger partial charge < -0.3 is 0 Å². The average molecular weight is 331 g/mol. The lowest BCUT2D eigenvalue weighted by Gasteiger charge is -2.07. The van der Waals surface area contributed by atoms with E-state index in [1.807, 2.05) is 19.1 Å². The van der Waals surface area contributed by atoms with Gasteiger partial charge in [-0.2, -0.15) is 5.26 Å². The molecular formula is C11H9Br2NO. The maximum Gasteiger partial charge on any atom is 0.181 e. The Morgan fingerprint density at radius 2 is 2.20 bits per heavy atom. The van der Waals surface area contributed by atoms with Crippen molar-refractivity contribution < 1.29 is 4.79 Å². The third-order valence-corrected chi connectivity index (χ3v) is 3.26. The summed E-state index contributed by atoms with van der Waals surface area (Å²) < 4.78 is 1.56. The van der Waals surface area contributed by atoms with Gasteiger partial charge in [0.05, 0.1) is 6.07 Å². The normalized spacial score (nSPS) is 11.9. The van der Waals surface area contributed by atoms with Gasteiger partial charge in [0.25, 0.3) is 0 Å². The van der Waals surface area contributed by atoms with Gasteiger partial charge in [0.15, 0.2) is 5.78 Å². The first-order valence-electron chi connectivity index (χ1n) is 4.49. The highest BCUT2D eigenvalue weighted by molar-refractivity contribution is 9.11. The van der Waals surface area contributed by atoms with Crippen molar-refractivity contribution in [3.63, 3.8) is 0 Å². The summed E-state index contributed by atoms with van der Waals surface area (Å²) in [5.74, 6) is -0.691. The third-order valence-electron chi connectivity index (χ3n) is 2.07. The van der Waals surface area contributed by atoms with Crippen LogP contribution in [0.4, 0.5) is 0 Å². The van der Waals surface area contributed by atoms with E-state index >= 15 is 0 Å². The van der Waals surface area contributed by atoms with Gasteiger partial charge in [-0.3, -0.25) is 4.79 Å². The topological polar surface area (TPSA) is 40.9 Å². The molecule has 0 saturated carbocycles. The zero-order valence-electron chi connectivity index (χ0n) is 8.13. The van der Waals surface area contributed by atoms with Crippen LogP contribution in [-0.2, 0) is 0 Å². The van der Waals surface area contributed by atoms with Crippen LogP contribution >= 0.6 is 31.9 Å². The summed E-state index contributed by atoms with van der Waals surface area (Å²) in [4.78, 5) is 11.9. The number of carbonyl (C=O) groups is 1. The smallest absolute Gasteiger partial charge is 0.181 e. The predicted molar refractivity (Wildman–Crippen MR) is 65.6 cm³/mol. The Balaban J connectivity index is 3.11. The Bertz CT molecular complexity index is 423. The van der Waals surface area contributed by atoms with Gasteiger partial charge in [-0.1, -0.05) is 38.8 Å². The van der Waals surface area contributed by atoms with Crippen molar-refractivity contribution in [3.8, 4) is 6.07 Å². The Hall–Kier alpha value is -0.660. The molecule has 78 valence electrons. The lowest BCUT2D eigenvalue weighted by atomic mass is 9.97. The number of ketones is 1. The van der Waals surface area contributed by atoms with Gasteiger partial charge in [-0.25, -0.2) is 0 Å². The van der Waals surface area contributed by atoms with Crippen LogP contribution in [0.2, 0.25) is 0 Å². The zero-order valence-corrected chi connectivity index (χ0v) is 11.3. The molecule has 0 bridgehead atoms. The van der Waals surface area contributed by atoms with E-state index < -0.39 is 5.92 Å². The second-order valence-electron chi connectivity index (χ2n) is 3.08. The van der Waals surface area contributed by atoms with Gasteiger partial charge in [0.2, 0.25) is 0 Å². The van der Waals surface area contributed by atoms with Crippen LogP contribution in [0.3, 0.4) is 0 Å². The van der Waals surface area contributed by atoms with E-state index in [2.05, 4.69) is 31.9 Å². The molecule has 15 heavy (non-hydrogen) atoms. The lowest BCUT2D eigenvalue weighted by molar-refractivity contribution is 0.0946. The molecule has 0 amide bonds.